The number of halogens is 2. The van der Waals surface area contributed by atoms with Crippen molar-refractivity contribution in [3.8, 4) is 5.75 Å². The Labute approximate surface area is 114 Å². The van der Waals surface area contributed by atoms with Crippen LogP contribution in [-0.2, 0) is 13.0 Å². The van der Waals surface area contributed by atoms with Crippen LogP contribution >= 0.6 is 22.9 Å². The molecule has 0 spiro atoms. The molecular formula is C13H13ClFNOS. The summed E-state index contributed by atoms with van der Waals surface area (Å²) in [6, 6.07) is 7.82. The molecule has 0 amide bonds. The molecule has 18 heavy (non-hydrogen) atoms. The van der Waals surface area contributed by atoms with E-state index in [4.69, 9.17) is 11.6 Å². The quantitative estimate of drug-likeness (QED) is 0.823. The number of aromatic hydroxyl groups is 1. The van der Waals surface area contributed by atoms with Crippen LogP contribution in [-0.4, -0.2) is 11.7 Å². The van der Waals surface area contributed by atoms with Crippen LogP contribution in [0.15, 0.2) is 30.3 Å². The number of rotatable bonds is 5. The molecule has 1 aromatic carbocycles. The molecule has 2 nitrogen and oxygen atoms in total. The Balaban J connectivity index is 1.80. The van der Waals surface area contributed by atoms with Gasteiger partial charge in [0.15, 0.2) is 0 Å². The lowest BCUT2D eigenvalue weighted by molar-refractivity contribution is 0.462. The summed E-state index contributed by atoms with van der Waals surface area (Å²) < 4.78 is 13.8. The van der Waals surface area contributed by atoms with Gasteiger partial charge in [0, 0.05) is 23.5 Å². The summed E-state index contributed by atoms with van der Waals surface area (Å²) in [7, 11) is 0. The highest BCUT2D eigenvalue weighted by Gasteiger charge is 2.03. The molecule has 0 atom stereocenters. The van der Waals surface area contributed by atoms with Crippen LogP contribution in [0.3, 0.4) is 0 Å². The highest BCUT2D eigenvalue weighted by molar-refractivity contribution is 7.16. The number of nitrogens with one attached hydrogen (secondary N) is 1. The Kier molecular flexibility index (Phi) is 4.58. The fourth-order valence-corrected chi connectivity index (χ4v) is 2.70. The highest BCUT2D eigenvalue weighted by atomic mass is 35.5. The number of phenolic OH excluding ortho intramolecular Hbond substituents is 1. The zero-order valence-corrected chi connectivity index (χ0v) is 11.2. The fourth-order valence-electron chi connectivity index (χ4n) is 1.62. The standard InChI is InChI=1S/C13H13ClFNOS/c14-13-4-2-11(18-13)5-6-16-8-9-7-10(15)1-3-12(9)17/h1-4,7,16-17H,5-6,8H2. The van der Waals surface area contributed by atoms with Crippen molar-refractivity contribution >= 4 is 22.9 Å². The van der Waals surface area contributed by atoms with Crippen molar-refractivity contribution in [3.63, 3.8) is 0 Å². The van der Waals surface area contributed by atoms with Crippen molar-refractivity contribution < 1.29 is 9.50 Å². The molecule has 0 saturated carbocycles. The Bertz CT molecular complexity index is 529. The van der Waals surface area contributed by atoms with Crippen molar-refractivity contribution in [2.75, 3.05) is 6.54 Å². The van der Waals surface area contributed by atoms with Crippen molar-refractivity contribution in [1.82, 2.24) is 5.32 Å². The minimum absolute atomic E-state index is 0.114. The summed E-state index contributed by atoms with van der Waals surface area (Å²) in [6.45, 7) is 1.20. The molecule has 5 heteroatoms. The van der Waals surface area contributed by atoms with Gasteiger partial charge in [-0.15, -0.1) is 11.3 Å². The molecule has 2 aromatic rings. The first-order valence-electron chi connectivity index (χ1n) is 5.57. The van der Waals surface area contributed by atoms with Crippen LogP contribution in [0.4, 0.5) is 4.39 Å². The van der Waals surface area contributed by atoms with Crippen molar-refractivity contribution in [3.05, 3.63) is 50.9 Å². The number of hydrogen-bond acceptors (Lipinski definition) is 3. The summed E-state index contributed by atoms with van der Waals surface area (Å²) in [5, 5.41) is 12.7. The van der Waals surface area contributed by atoms with Gasteiger partial charge in [-0.2, -0.15) is 0 Å². The van der Waals surface area contributed by atoms with Gasteiger partial charge in [-0.3, -0.25) is 0 Å². The van der Waals surface area contributed by atoms with Crippen LogP contribution in [0.2, 0.25) is 4.34 Å². The van der Waals surface area contributed by atoms with E-state index in [1.54, 1.807) is 11.3 Å². The molecule has 0 radical (unpaired) electrons. The fraction of sp³-hybridized carbons (Fsp3) is 0.231. The molecule has 0 bridgehead atoms. The topological polar surface area (TPSA) is 32.3 Å². The predicted octanol–water partition coefficient (Wildman–Crippen LogP) is 3.58. The molecule has 0 aliphatic carbocycles. The number of hydrogen-bond donors (Lipinski definition) is 2. The maximum Gasteiger partial charge on any atom is 0.123 e. The number of benzene rings is 1. The predicted molar refractivity (Wildman–Crippen MR) is 72.8 cm³/mol. The monoisotopic (exact) mass is 285 g/mol. The molecule has 0 saturated heterocycles. The Morgan fingerprint density at radius 3 is 2.83 bits per heavy atom. The number of thiophene rings is 1. The van der Waals surface area contributed by atoms with E-state index in [-0.39, 0.29) is 11.6 Å². The molecule has 2 rings (SSSR count). The molecule has 1 heterocycles. The third-order valence-electron chi connectivity index (χ3n) is 2.53. The largest absolute Gasteiger partial charge is 0.508 e. The highest BCUT2D eigenvalue weighted by Crippen LogP contribution is 2.21. The summed E-state index contributed by atoms with van der Waals surface area (Å²) >= 11 is 7.39. The molecule has 1 aromatic heterocycles. The lowest BCUT2D eigenvalue weighted by Gasteiger charge is -2.06. The number of phenols is 1. The van der Waals surface area contributed by atoms with E-state index in [0.29, 0.717) is 12.1 Å². The van der Waals surface area contributed by atoms with Crippen LogP contribution < -0.4 is 5.32 Å². The molecule has 96 valence electrons. The van der Waals surface area contributed by atoms with Crippen molar-refractivity contribution in [2.24, 2.45) is 0 Å². The zero-order chi connectivity index (χ0) is 13.0. The zero-order valence-electron chi connectivity index (χ0n) is 9.62. The van der Waals surface area contributed by atoms with E-state index in [0.717, 1.165) is 17.3 Å². The van der Waals surface area contributed by atoms with Crippen LogP contribution in [0.25, 0.3) is 0 Å². The van der Waals surface area contributed by atoms with Gasteiger partial charge >= 0.3 is 0 Å². The third kappa shape index (κ3) is 3.70. The van der Waals surface area contributed by atoms with Crippen molar-refractivity contribution in [2.45, 2.75) is 13.0 Å². The van der Waals surface area contributed by atoms with E-state index in [2.05, 4.69) is 5.32 Å². The van der Waals surface area contributed by atoms with E-state index in [1.165, 1.54) is 23.1 Å². The van der Waals surface area contributed by atoms with Gasteiger partial charge in [-0.25, -0.2) is 4.39 Å². The Morgan fingerprint density at radius 1 is 1.28 bits per heavy atom. The molecule has 0 aliphatic heterocycles. The van der Waals surface area contributed by atoms with E-state index in [1.807, 2.05) is 12.1 Å². The maximum atomic E-state index is 13.0. The van der Waals surface area contributed by atoms with Gasteiger partial charge in [0.1, 0.15) is 11.6 Å². The van der Waals surface area contributed by atoms with Gasteiger partial charge in [0.25, 0.3) is 0 Å². The second kappa shape index (κ2) is 6.18. The van der Waals surface area contributed by atoms with E-state index < -0.39 is 0 Å². The van der Waals surface area contributed by atoms with Crippen LogP contribution in [0, 0.1) is 5.82 Å². The molecule has 0 unspecified atom stereocenters. The van der Waals surface area contributed by atoms with Gasteiger partial charge in [0.05, 0.1) is 4.34 Å². The van der Waals surface area contributed by atoms with E-state index in [9.17, 15) is 9.50 Å². The maximum absolute atomic E-state index is 13.0. The first-order chi connectivity index (χ1) is 8.65. The summed E-state index contributed by atoms with van der Waals surface area (Å²) in [4.78, 5) is 1.20. The summed E-state index contributed by atoms with van der Waals surface area (Å²) in [5.74, 6) is -0.224. The summed E-state index contributed by atoms with van der Waals surface area (Å²) in [5.41, 5.74) is 0.569. The lowest BCUT2D eigenvalue weighted by Crippen LogP contribution is -2.16. The lowest BCUT2D eigenvalue weighted by atomic mass is 10.2. The molecule has 0 fully saturated rings. The van der Waals surface area contributed by atoms with Gasteiger partial charge in [-0.05, 0) is 36.8 Å². The first-order valence-corrected chi connectivity index (χ1v) is 6.77. The molecular weight excluding hydrogens is 273 g/mol. The van der Waals surface area contributed by atoms with E-state index >= 15 is 0 Å². The van der Waals surface area contributed by atoms with Gasteiger partial charge in [-0.1, -0.05) is 11.6 Å². The molecule has 0 aliphatic rings. The average Bonchev–Trinajstić information content (AvgIpc) is 2.75. The van der Waals surface area contributed by atoms with Crippen LogP contribution in [0.1, 0.15) is 10.4 Å². The molecule has 2 N–H and O–H groups in total. The average molecular weight is 286 g/mol. The van der Waals surface area contributed by atoms with Crippen molar-refractivity contribution in [1.29, 1.82) is 0 Å². The Morgan fingerprint density at radius 2 is 2.11 bits per heavy atom. The van der Waals surface area contributed by atoms with Gasteiger partial charge < -0.3 is 10.4 Å². The minimum Gasteiger partial charge on any atom is -0.508 e. The first kappa shape index (κ1) is 13.3. The minimum atomic E-state index is -0.338. The Hall–Kier alpha value is -1.10. The second-order valence-corrected chi connectivity index (χ2v) is 5.71. The smallest absolute Gasteiger partial charge is 0.123 e. The van der Waals surface area contributed by atoms with Gasteiger partial charge in [0.2, 0.25) is 0 Å². The third-order valence-corrected chi connectivity index (χ3v) is 3.82. The normalized spacial score (nSPS) is 10.8. The summed E-state index contributed by atoms with van der Waals surface area (Å²) in [6.07, 6.45) is 0.869. The SMILES string of the molecule is Oc1ccc(F)cc1CNCCc1ccc(Cl)s1. The van der Waals surface area contributed by atoms with Crippen LogP contribution in [0.5, 0.6) is 5.75 Å². The second-order valence-electron chi connectivity index (χ2n) is 3.91.